The monoisotopic (exact) mass is 318 g/mol. The minimum atomic E-state index is -0.860. The number of nitrogens with zero attached hydrogens (tertiary/aromatic N) is 2. The van der Waals surface area contributed by atoms with Gasteiger partial charge in [-0.2, -0.15) is 0 Å². The number of hydrogen-bond acceptors (Lipinski definition) is 4. The summed E-state index contributed by atoms with van der Waals surface area (Å²) in [5, 5.41) is 9.04. The normalized spacial score (nSPS) is 25.8. The maximum atomic E-state index is 11.0. The van der Waals surface area contributed by atoms with Gasteiger partial charge in [-0.1, -0.05) is 6.07 Å². The van der Waals surface area contributed by atoms with Crippen LogP contribution in [-0.2, 0) is 9.31 Å². The van der Waals surface area contributed by atoms with Crippen LogP contribution in [0.4, 0.5) is 4.79 Å². The standard InChI is InChI=1S/C16H23BN2O4/c1-15(2)16(3,4)23-17(22-15)12-5-6-13(18-9-12)11-7-8-19(10-11)14(20)21/h5-6,9,11H,7-8,10H2,1-4H3,(H,20,21). The molecule has 1 N–H and O–H groups in total. The Morgan fingerprint density at radius 2 is 1.96 bits per heavy atom. The van der Waals surface area contributed by atoms with Crippen molar-refractivity contribution in [1.82, 2.24) is 9.88 Å². The first-order valence-corrected chi connectivity index (χ1v) is 7.99. The number of carboxylic acid groups (broad SMARTS) is 1. The van der Waals surface area contributed by atoms with Crippen LogP contribution in [-0.4, -0.2) is 52.5 Å². The first-order chi connectivity index (χ1) is 10.7. The number of pyridine rings is 1. The summed E-state index contributed by atoms with van der Waals surface area (Å²) in [5.74, 6) is 0.165. The van der Waals surface area contributed by atoms with Crippen molar-refractivity contribution in [2.24, 2.45) is 0 Å². The predicted octanol–water partition coefficient (Wildman–Crippen LogP) is 1.85. The molecule has 1 unspecified atom stereocenters. The van der Waals surface area contributed by atoms with E-state index < -0.39 is 13.2 Å². The van der Waals surface area contributed by atoms with Gasteiger partial charge in [-0.15, -0.1) is 0 Å². The predicted molar refractivity (Wildman–Crippen MR) is 86.9 cm³/mol. The van der Waals surface area contributed by atoms with E-state index in [0.29, 0.717) is 13.1 Å². The molecule has 3 heterocycles. The smallest absolute Gasteiger partial charge is 0.465 e. The van der Waals surface area contributed by atoms with Crippen LogP contribution in [0.15, 0.2) is 18.3 Å². The SMILES string of the molecule is CC1(C)OB(c2ccc(C3CCN(C(=O)O)C3)nc2)OC1(C)C. The maximum Gasteiger partial charge on any atom is 0.496 e. The van der Waals surface area contributed by atoms with E-state index in [1.165, 1.54) is 4.90 Å². The van der Waals surface area contributed by atoms with Crippen LogP contribution in [0.25, 0.3) is 0 Å². The number of aromatic nitrogens is 1. The second kappa shape index (κ2) is 5.49. The highest BCUT2D eigenvalue weighted by atomic mass is 16.7. The molecule has 1 aromatic rings. The Balaban J connectivity index is 1.70. The summed E-state index contributed by atoms with van der Waals surface area (Å²) in [7, 11) is -0.416. The second-order valence-corrected chi connectivity index (χ2v) is 7.32. The van der Waals surface area contributed by atoms with E-state index in [-0.39, 0.29) is 17.1 Å². The highest BCUT2D eigenvalue weighted by Crippen LogP contribution is 2.36. The Bertz CT molecular complexity index is 587. The fourth-order valence-electron chi connectivity index (χ4n) is 2.95. The van der Waals surface area contributed by atoms with E-state index >= 15 is 0 Å². The molecule has 2 aliphatic heterocycles. The molecule has 0 bridgehead atoms. The lowest BCUT2D eigenvalue weighted by Crippen LogP contribution is -2.41. The zero-order chi connectivity index (χ0) is 16.8. The molecule has 0 saturated carbocycles. The lowest BCUT2D eigenvalue weighted by atomic mass is 9.80. The van der Waals surface area contributed by atoms with Crippen molar-refractivity contribution in [2.45, 2.75) is 51.2 Å². The molecule has 1 aromatic heterocycles. The van der Waals surface area contributed by atoms with Crippen molar-refractivity contribution in [3.63, 3.8) is 0 Å². The molecule has 0 radical (unpaired) electrons. The van der Waals surface area contributed by atoms with Gasteiger partial charge in [-0.05, 0) is 40.2 Å². The van der Waals surface area contributed by atoms with E-state index in [2.05, 4.69) is 4.98 Å². The van der Waals surface area contributed by atoms with Crippen molar-refractivity contribution in [1.29, 1.82) is 0 Å². The fourth-order valence-corrected chi connectivity index (χ4v) is 2.95. The topological polar surface area (TPSA) is 71.9 Å². The molecule has 2 saturated heterocycles. The molecule has 23 heavy (non-hydrogen) atoms. The highest BCUT2D eigenvalue weighted by Gasteiger charge is 2.51. The van der Waals surface area contributed by atoms with Gasteiger partial charge in [0.05, 0.1) is 11.2 Å². The summed E-state index contributed by atoms with van der Waals surface area (Å²) in [6.45, 7) is 9.17. The van der Waals surface area contributed by atoms with Crippen LogP contribution in [0.1, 0.15) is 45.7 Å². The first kappa shape index (κ1) is 16.3. The van der Waals surface area contributed by atoms with Gasteiger partial charge < -0.3 is 19.3 Å². The lowest BCUT2D eigenvalue weighted by Gasteiger charge is -2.32. The average molecular weight is 318 g/mol. The molecule has 0 spiro atoms. The van der Waals surface area contributed by atoms with Gasteiger partial charge in [0.25, 0.3) is 0 Å². The third kappa shape index (κ3) is 2.95. The van der Waals surface area contributed by atoms with E-state index in [1.807, 2.05) is 39.8 Å². The molecule has 7 heteroatoms. The van der Waals surface area contributed by atoms with Crippen molar-refractivity contribution in [3.8, 4) is 0 Å². The molecule has 6 nitrogen and oxygen atoms in total. The molecular weight excluding hydrogens is 295 g/mol. The van der Waals surface area contributed by atoms with Crippen LogP contribution >= 0.6 is 0 Å². The number of hydrogen-bond donors (Lipinski definition) is 1. The average Bonchev–Trinajstić information content (AvgIpc) is 3.03. The second-order valence-electron chi connectivity index (χ2n) is 7.32. The molecule has 2 aliphatic rings. The summed E-state index contributed by atoms with van der Waals surface area (Å²) in [4.78, 5) is 17.0. The maximum absolute atomic E-state index is 11.0. The van der Waals surface area contributed by atoms with Crippen LogP contribution in [0, 0.1) is 0 Å². The third-order valence-electron chi connectivity index (χ3n) is 5.21. The molecular formula is C16H23BN2O4. The Labute approximate surface area is 136 Å². The van der Waals surface area contributed by atoms with E-state index in [1.54, 1.807) is 6.20 Å². The zero-order valence-corrected chi connectivity index (χ0v) is 14.1. The zero-order valence-electron chi connectivity index (χ0n) is 14.1. The molecule has 2 fully saturated rings. The van der Waals surface area contributed by atoms with Crippen LogP contribution in [0.5, 0.6) is 0 Å². The minimum absolute atomic E-state index is 0.165. The Kier molecular flexibility index (Phi) is 3.88. The van der Waals surface area contributed by atoms with Crippen molar-refractivity contribution in [3.05, 3.63) is 24.0 Å². The summed E-state index contributed by atoms with van der Waals surface area (Å²) >= 11 is 0. The number of likely N-dealkylation sites (tertiary alicyclic amines) is 1. The summed E-state index contributed by atoms with van der Waals surface area (Å²) < 4.78 is 12.0. The quantitative estimate of drug-likeness (QED) is 0.843. The van der Waals surface area contributed by atoms with Gasteiger partial charge in [0.2, 0.25) is 0 Å². The van der Waals surface area contributed by atoms with Crippen molar-refractivity contribution >= 4 is 18.7 Å². The molecule has 3 rings (SSSR count). The van der Waals surface area contributed by atoms with E-state index in [0.717, 1.165) is 17.6 Å². The molecule has 0 aliphatic carbocycles. The van der Waals surface area contributed by atoms with Gasteiger partial charge in [0.1, 0.15) is 0 Å². The van der Waals surface area contributed by atoms with E-state index in [9.17, 15) is 4.79 Å². The molecule has 1 atom stereocenters. The van der Waals surface area contributed by atoms with Crippen molar-refractivity contribution in [2.75, 3.05) is 13.1 Å². The molecule has 124 valence electrons. The Hall–Kier alpha value is -1.60. The fraction of sp³-hybridized carbons (Fsp3) is 0.625. The number of carbonyl (C=O) groups is 1. The number of rotatable bonds is 2. The van der Waals surface area contributed by atoms with Gasteiger partial charge in [-0.3, -0.25) is 4.98 Å². The Morgan fingerprint density at radius 3 is 2.43 bits per heavy atom. The Morgan fingerprint density at radius 1 is 1.30 bits per heavy atom. The van der Waals surface area contributed by atoms with Crippen molar-refractivity contribution < 1.29 is 19.2 Å². The molecule has 0 aromatic carbocycles. The van der Waals surface area contributed by atoms with E-state index in [4.69, 9.17) is 14.4 Å². The van der Waals surface area contributed by atoms with Crippen LogP contribution in [0.3, 0.4) is 0 Å². The largest absolute Gasteiger partial charge is 0.496 e. The number of amides is 1. The van der Waals surface area contributed by atoms with Gasteiger partial charge in [0, 0.05) is 36.4 Å². The third-order valence-corrected chi connectivity index (χ3v) is 5.21. The van der Waals surface area contributed by atoms with Crippen LogP contribution < -0.4 is 5.46 Å². The summed E-state index contributed by atoms with van der Waals surface area (Å²) in [6.07, 6.45) is 1.73. The summed E-state index contributed by atoms with van der Waals surface area (Å²) in [6, 6.07) is 3.92. The van der Waals surface area contributed by atoms with Gasteiger partial charge in [0.15, 0.2) is 0 Å². The lowest BCUT2D eigenvalue weighted by molar-refractivity contribution is 0.00578. The first-order valence-electron chi connectivity index (χ1n) is 7.99. The van der Waals surface area contributed by atoms with Crippen LogP contribution in [0.2, 0.25) is 0 Å². The van der Waals surface area contributed by atoms with Gasteiger partial charge in [-0.25, -0.2) is 4.79 Å². The minimum Gasteiger partial charge on any atom is -0.465 e. The highest BCUT2D eigenvalue weighted by molar-refractivity contribution is 6.62. The van der Waals surface area contributed by atoms with Gasteiger partial charge >= 0.3 is 13.2 Å². The molecule has 1 amide bonds. The summed E-state index contributed by atoms with van der Waals surface area (Å²) in [5.41, 5.74) is 1.07.